The minimum absolute atomic E-state index is 0.112. The molecule has 1 aliphatic heterocycles. The maximum Gasteiger partial charge on any atom is 0.229 e. The lowest BCUT2D eigenvalue weighted by Gasteiger charge is -2.37. The molecule has 0 radical (unpaired) electrons. The Hall–Kier alpha value is -0.860. The molecule has 2 fully saturated rings. The molecule has 0 spiro atoms. The fourth-order valence-electron chi connectivity index (χ4n) is 4.06. The zero-order chi connectivity index (χ0) is 14.6. The molecule has 3 heteroatoms. The van der Waals surface area contributed by atoms with Crippen LogP contribution in [0.3, 0.4) is 0 Å². The van der Waals surface area contributed by atoms with E-state index in [1.807, 2.05) is 0 Å². The molecule has 3 nitrogen and oxygen atoms in total. The first-order valence-electron chi connectivity index (χ1n) is 8.39. The fourth-order valence-corrected chi connectivity index (χ4v) is 4.06. The van der Waals surface area contributed by atoms with Crippen LogP contribution in [0.4, 0.5) is 0 Å². The number of carbonyl (C=O) groups excluding carboxylic acids is 2. The van der Waals surface area contributed by atoms with Crippen molar-refractivity contribution >= 4 is 11.7 Å². The summed E-state index contributed by atoms with van der Waals surface area (Å²) in [6.45, 7) is 4.66. The quantitative estimate of drug-likeness (QED) is 0.786. The van der Waals surface area contributed by atoms with Crippen LogP contribution in [0, 0.1) is 5.41 Å². The number of rotatable bonds is 4. The van der Waals surface area contributed by atoms with Crippen LogP contribution in [0.2, 0.25) is 0 Å². The Morgan fingerprint density at radius 1 is 1.10 bits per heavy atom. The van der Waals surface area contributed by atoms with Gasteiger partial charge in [0.05, 0.1) is 0 Å². The highest BCUT2D eigenvalue weighted by molar-refractivity contribution is 5.84. The van der Waals surface area contributed by atoms with E-state index in [2.05, 4.69) is 11.8 Å². The summed E-state index contributed by atoms with van der Waals surface area (Å²) in [6.07, 6.45) is 10.4. The molecule has 1 heterocycles. The van der Waals surface area contributed by atoms with E-state index >= 15 is 0 Å². The number of likely N-dealkylation sites (tertiary alicyclic amines) is 1. The average Bonchev–Trinajstić information content (AvgIpc) is 2.80. The van der Waals surface area contributed by atoms with Crippen LogP contribution < -0.4 is 0 Å². The third-order valence-corrected chi connectivity index (χ3v) is 5.35. The van der Waals surface area contributed by atoms with Crippen LogP contribution in [0.1, 0.15) is 78.1 Å². The lowest BCUT2D eigenvalue weighted by Crippen LogP contribution is -2.48. The molecule has 1 aliphatic carbocycles. The molecule has 1 amide bonds. The molecule has 1 unspecified atom stereocenters. The van der Waals surface area contributed by atoms with Gasteiger partial charge in [-0.2, -0.15) is 0 Å². The van der Waals surface area contributed by atoms with Crippen molar-refractivity contribution in [2.75, 3.05) is 6.54 Å². The highest BCUT2D eigenvalue weighted by Gasteiger charge is 2.43. The fraction of sp³-hybridized carbons (Fsp3) is 0.882. The third-order valence-electron chi connectivity index (χ3n) is 5.35. The molecule has 20 heavy (non-hydrogen) atoms. The monoisotopic (exact) mass is 279 g/mol. The number of hydrogen-bond acceptors (Lipinski definition) is 2. The van der Waals surface area contributed by atoms with Crippen LogP contribution in [0.15, 0.2) is 0 Å². The van der Waals surface area contributed by atoms with Gasteiger partial charge >= 0.3 is 0 Å². The van der Waals surface area contributed by atoms with Crippen molar-refractivity contribution in [3.05, 3.63) is 0 Å². The number of ketones is 1. The molecule has 1 saturated heterocycles. The molecular formula is C17H29NO2. The van der Waals surface area contributed by atoms with E-state index in [0.717, 1.165) is 45.1 Å². The van der Waals surface area contributed by atoms with Crippen LogP contribution in [0.25, 0.3) is 0 Å². The minimum Gasteiger partial charge on any atom is -0.339 e. The summed E-state index contributed by atoms with van der Waals surface area (Å²) in [4.78, 5) is 26.7. The van der Waals surface area contributed by atoms with Gasteiger partial charge in [-0.3, -0.25) is 9.59 Å². The first-order valence-corrected chi connectivity index (χ1v) is 8.39. The van der Waals surface area contributed by atoms with Crippen LogP contribution in [-0.4, -0.2) is 29.2 Å². The van der Waals surface area contributed by atoms with Crippen molar-refractivity contribution in [1.82, 2.24) is 4.90 Å². The topological polar surface area (TPSA) is 37.4 Å². The van der Waals surface area contributed by atoms with E-state index in [1.165, 1.54) is 19.3 Å². The number of Topliss-reactive ketones (excluding diaryl/α,β-unsaturated/α-hetero) is 1. The van der Waals surface area contributed by atoms with Crippen molar-refractivity contribution in [3.8, 4) is 0 Å². The summed E-state index contributed by atoms with van der Waals surface area (Å²) in [6, 6.07) is 0.159. The van der Waals surface area contributed by atoms with Gasteiger partial charge in [-0.15, -0.1) is 0 Å². The molecule has 0 bridgehead atoms. The van der Waals surface area contributed by atoms with E-state index in [-0.39, 0.29) is 17.2 Å². The first kappa shape index (κ1) is 15.5. The van der Waals surface area contributed by atoms with E-state index in [0.29, 0.717) is 12.3 Å². The molecule has 2 aliphatic rings. The second-order valence-electron chi connectivity index (χ2n) is 6.75. The Kier molecular flexibility index (Phi) is 5.22. The Bertz CT molecular complexity index is 358. The van der Waals surface area contributed by atoms with Gasteiger partial charge < -0.3 is 4.90 Å². The molecule has 0 aromatic heterocycles. The average molecular weight is 279 g/mol. The highest BCUT2D eigenvalue weighted by atomic mass is 16.2. The minimum atomic E-state index is -0.112. The second kappa shape index (κ2) is 6.73. The first-order chi connectivity index (χ1) is 9.59. The summed E-state index contributed by atoms with van der Waals surface area (Å²) in [5, 5.41) is 0. The van der Waals surface area contributed by atoms with Crippen molar-refractivity contribution in [3.63, 3.8) is 0 Å². The maximum absolute atomic E-state index is 13.1. The number of carbonyl (C=O) groups is 2. The second-order valence-corrected chi connectivity index (χ2v) is 6.75. The Balaban J connectivity index is 2.16. The van der Waals surface area contributed by atoms with E-state index < -0.39 is 0 Å². The molecular weight excluding hydrogens is 250 g/mol. The SMILES string of the molecule is CCC1(C(=O)N2CCCCCC2CC(C)=O)CCCC1. The predicted octanol–water partition coefficient (Wildman–Crippen LogP) is 3.71. The summed E-state index contributed by atoms with van der Waals surface area (Å²) < 4.78 is 0. The lowest BCUT2D eigenvalue weighted by molar-refractivity contribution is -0.145. The number of nitrogens with zero attached hydrogens (tertiary/aromatic N) is 1. The zero-order valence-electron chi connectivity index (χ0n) is 13.1. The summed E-state index contributed by atoms with van der Waals surface area (Å²) >= 11 is 0. The van der Waals surface area contributed by atoms with Gasteiger partial charge in [0.1, 0.15) is 5.78 Å². The van der Waals surface area contributed by atoms with Crippen molar-refractivity contribution in [2.24, 2.45) is 5.41 Å². The summed E-state index contributed by atoms with van der Waals surface area (Å²) in [7, 11) is 0. The van der Waals surface area contributed by atoms with Gasteiger partial charge in [-0.25, -0.2) is 0 Å². The normalized spacial score (nSPS) is 26.3. The van der Waals surface area contributed by atoms with Gasteiger partial charge in [0.25, 0.3) is 0 Å². The molecule has 2 rings (SSSR count). The summed E-state index contributed by atoms with van der Waals surface area (Å²) in [5.74, 6) is 0.567. The van der Waals surface area contributed by atoms with Crippen molar-refractivity contribution < 1.29 is 9.59 Å². The molecule has 1 saturated carbocycles. The molecule has 0 aromatic rings. The molecule has 0 aromatic carbocycles. The van der Waals surface area contributed by atoms with Crippen LogP contribution in [0.5, 0.6) is 0 Å². The van der Waals surface area contributed by atoms with E-state index in [9.17, 15) is 9.59 Å². The molecule has 1 atom stereocenters. The Labute approximate surface area is 123 Å². The highest BCUT2D eigenvalue weighted by Crippen LogP contribution is 2.43. The van der Waals surface area contributed by atoms with Crippen LogP contribution >= 0.6 is 0 Å². The van der Waals surface area contributed by atoms with E-state index in [1.54, 1.807) is 6.92 Å². The Morgan fingerprint density at radius 3 is 2.40 bits per heavy atom. The van der Waals surface area contributed by atoms with Crippen molar-refractivity contribution in [2.45, 2.75) is 84.1 Å². The third kappa shape index (κ3) is 3.24. The predicted molar refractivity (Wildman–Crippen MR) is 80.5 cm³/mol. The molecule has 0 N–H and O–H groups in total. The van der Waals surface area contributed by atoms with Crippen LogP contribution in [-0.2, 0) is 9.59 Å². The Morgan fingerprint density at radius 2 is 1.80 bits per heavy atom. The van der Waals surface area contributed by atoms with Gasteiger partial charge in [-0.1, -0.05) is 32.6 Å². The number of hydrogen-bond donors (Lipinski definition) is 0. The lowest BCUT2D eigenvalue weighted by atomic mass is 9.81. The zero-order valence-corrected chi connectivity index (χ0v) is 13.1. The van der Waals surface area contributed by atoms with Gasteiger partial charge in [0.15, 0.2) is 0 Å². The van der Waals surface area contributed by atoms with Gasteiger partial charge in [-0.05, 0) is 39.0 Å². The molecule has 114 valence electrons. The number of amides is 1. The van der Waals surface area contributed by atoms with Gasteiger partial charge in [0, 0.05) is 24.4 Å². The smallest absolute Gasteiger partial charge is 0.229 e. The van der Waals surface area contributed by atoms with E-state index in [4.69, 9.17) is 0 Å². The van der Waals surface area contributed by atoms with Gasteiger partial charge in [0.2, 0.25) is 5.91 Å². The maximum atomic E-state index is 13.1. The summed E-state index contributed by atoms with van der Waals surface area (Å²) in [5.41, 5.74) is -0.112. The standard InChI is InChI=1S/C17H29NO2/c1-3-17(10-6-7-11-17)16(20)18-12-8-4-5-9-15(18)13-14(2)19/h15H,3-13H2,1-2H3. The largest absolute Gasteiger partial charge is 0.339 e. The van der Waals surface area contributed by atoms with Crippen molar-refractivity contribution in [1.29, 1.82) is 0 Å².